The highest BCUT2D eigenvalue weighted by Crippen LogP contribution is 2.28. The van der Waals surface area contributed by atoms with Gasteiger partial charge in [0.1, 0.15) is 5.82 Å². The molecule has 0 unspecified atom stereocenters. The number of rotatable bonds is 2. The van der Waals surface area contributed by atoms with Crippen molar-refractivity contribution in [2.45, 2.75) is 32.6 Å². The lowest BCUT2D eigenvalue weighted by molar-refractivity contribution is 0.482. The van der Waals surface area contributed by atoms with Gasteiger partial charge in [0.15, 0.2) is 5.65 Å². The molecule has 1 atom stereocenters. The molecule has 0 N–H and O–H groups in total. The number of aromatic nitrogens is 5. The zero-order valence-electron chi connectivity index (χ0n) is 13.5. The molecule has 3 aromatic heterocycles. The van der Waals surface area contributed by atoms with Gasteiger partial charge in [0.05, 0.1) is 0 Å². The van der Waals surface area contributed by atoms with Gasteiger partial charge in [-0.1, -0.05) is 6.07 Å². The van der Waals surface area contributed by atoms with Crippen LogP contribution in [0.1, 0.15) is 36.0 Å². The molecule has 1 aliphatic heterocycles. The van der Waals surface area contributed by atoms with Crippen LogP contribution < -0.4 is 4.90 Å². The van der Waals surface area contributed by atoms with Crippen LogP contribution in [0.15, 0.2) is 30.5 Å². The van der Waals surface area contributed by atoms with Gasteiger partial charge in [-0.2, -0.15) is 0 Å². The Hall–Kier alpha value is -2.50. The molecule has 23 heavy (non-hydrogen) atoms. The van der Waals surface area contributed by atoms with Crippen LogP contribution in [0.2, 0.25) is 0 Å². The molecule has 0 spiro atoms. The Kier molecular flexibility index (Phi) is 3.44. The van der Waals surface area contributed by atoms with Gasteiger partial charge in [-0.05, 0) is 44.9 Å². The molecule has 1 saturated heterocycles. The van der Waals surface area contributed by atoms with E-state index in [1.54, 1.807) is 0 Å². The number of fused-ring (bicyclic) bond motifs is 1. The molecule has 0 amide bonds. The number of piperidine rings is 1. The molecule has 0 aromatic carbocycles. The Labute approximate surface area is 135 Å². The number of aryl methyl sites for hydroxylation is 2. The second kappa shape index (κ2) is 5.61. The molecule has 0 aliphatic carbocycles. The van der Waals surface area contributed by atoms with Crippen molar-refractivity contribution in [2.24, 2.45) is 0 Å². The lowest BCUT2D eigenvalue weighted by Crippen LogP contribution is -2.36. The molecule has 0 bridgehead atoms. The minimum atomic E-state index is 0.352. The average molecular weight is 308 g/mol. The Morgan fingerprint density at radius 1 is 1.09 bits per heavy atom. The third-order valence-electron chi connectivity index (χ3n) is 4.38. The summed E-state index contributed by atoms with van der Waals surface area (Å²) in [6.45, 7) is 5.92. The number of pyridine rings is 1. The number of anilines is 1. The van der Waals surface area contributed by atoms with Crippen molar-refractivity contribution < 1.29 is 0 Å². The topological polar surface area (TPSA) is 59.2 Å². The van der Waals surface area contributed by atoms with Crippen LogP contribution >= 0.6 is 0 Å². The van der Waals surface area contributed by atoms with Crippen molar-refractivity contribution in [2.75, 3.05) is 18.0 Å². The van der Waals surface area contributed by atoms with E-state index in [0.717, 1.165) is 54.7 Å². The van der Waals surface area contributed by atoms with Gasteiger partial charge >= 0.3 is 0 Å². The first-order chi connectivity index (χ1) is 11.2. The van der Waals surface area contributed by atoms with E-state index >= 15 is 0 Å². The van der Waals surface area contributed by atoms with Crippen molar-refractivity contribution in [1.82, 2.24) is 24.6 Å². The maximum Gasteiger partial charge on any atom is 0.225 e. The van der Waals surface area contributed by atoms with Crippen LogP contribution in [0.5, 0.6) is 0 Å². The molecule has 6 nitrogen and oxygen atoms in total. The molecule has 6 heteroatoms. The zero-order valence-corrected chi connectivity index (χ0v) is 13.5. The Morgan fingerprint density at radius 2 is 1.91 bits per heavy atom. The highest BCUT2D eigenvalue weighted by Gasteiger charge is 2.26. The smallest absolute Gasteiger partial charge is 0.225 e. The summed E-state index contributed by atoms with van der Waals surface area (Å²) < 4.78 is 2.09. The second-order valence-electron chi connectivity index (χ2n) is 6.22. The molecule has 118 valence electrons. The monoisotopic (exact) mass is 308 g/mol. The van der Waals surface area contributed by atoms with Gasteiger partial charge in [0, 0.05) is 36.6 Å². The molecule has 0 saturated carbocycles. The highest BCUT2D eigenvalue weighted by atomic mass is 15.3. The Bertz CT molecular complexity index is 820. The van der Waals surface area contributed by atoms with Gasteiger partial charge in [-0.25, -0.2) is 9.97 Å². The minimum Gasteiger partial charge on any atom is -0.340 e. The summed E-state index contributed by atoms with van der Waals surface area (Å²) in [5, 5.41) is 8.71. The van der Waals surface area contributed by atoms with Gasteiger partial charge in [-0.15, -0.1) is 10.2 Å². The van der Waals surface area contributed by atoms with Crippen molar-refractivity contribution in [3.8, 4) is 0 Å². The Balaban J connectivity index is 1.64. The quantitative estimate of drug-likeness (QED) is 0.728. The van der Waals surface area contributed by atoms with Gasteiger partial charge in [0.25, 0.3) is 0 Å². The van der Waals surface area contributed by atoms with E-state index in [9.17, 15) is 0 Å². The highest BCUT2D eigenvalue weighted by molar-refractivity contribution is 5.39. The Morgan fingerprint density at radius 3 is 2.74 bits per heavy atom. The largest absolute Gasteiger partial charge is 0.340 e. The summed E-state index contributed by atoms with van der Waals surface area (Å²) in [5.74, 6) is 2.22. The number of nitrogens with zero attached hydrogens (tertiary/aromatic N) is 6. The fourth-order valence-electron chi connectivity index (χ4n) is 3.36. The first-order valence-electron chi connectivity index (χ1n) is 8.07. The van der Waals surface area contributed by atoms with E-state index in [1.165, 1.54) is 0 Å². The van der Waals surface area contributed by atoms with E-state index < -0.39 is 0 Å². The first kappa shape index (κ1) is 14.1. The average Bonchev–Trinajstić information content (AvgIpc) is 2.98. The van der Waals surface area contributed by atoms with Crippen LogP contribution in [-0.4, -0.2) is 37.7 Å². The third-order valence-corrected chi connectivity index (χ3v) is 4.38. The lowest BCUT2D eigenvalue weighted by Gasteiger charge is -2.32. The van der Waals surface area contributed by atoms with E-state index in [4.69, 9.17) is 0 Å². The van der Waals surface area contributed by atoms with Crippen molar-refractivity contribution in [3.63, 3.8) is 0 Å². The van der Waals surface area contributed by atoms with Crippen LogP contribution in [0, 0.1) is 13.8 Å². The van der Waals surface area contributed by atoms with Crippen molar-refractivity contribution >= 4 is 11.6 Å². The molecule has 4 heterocycles. The standard InChI is InChI=1S/C17H20N6/c1-12-10-13(2)19-17(18-12)22-8-5-6-14(11-22)16-21-20-15-7-3-4-9-23(15)16/h3-4,7,9-10,14H,5-6,8,11H2,1-2H3/t14-/m0/s1. The third kappa shape index (κ3) is 2.65. The summed E-state index contributed by atoms with van der Waals surface area (Å²) in [6.07, 6.45) is 4.27. The van der Waals surface area contributed by atoms with Crippen molar-refractivity contribution in [3.05, 3.63) is 47.7 Å². The summed E-state index contributed by atoms with van der Waals surface area (Å²) in [6, 6.07) is 8.01. The van der Waals surface area contributed by atoms with E-state index in [1.807, 2.05) is 44.3 Å². The predicted molar refractivity (Wildman–Crippen MR) is 88.7 cm³/mol. The minimum absolute atomic E-state index is 0.352. The van der Waals surface area contributed by atoms with Crippen LogP contribution in [0.25, 0.3) is 5.65 Å². The summed E-state index contributed by atoms with van der Waals surface area (Å²) in [5.41, 5.74) is 2.94. The van der Waals surface area contributed by atoms with E-state index in [0.29, 0.717) is 5.92 Å². The van der Waals surface area contributed by atoms with Gasteiger partial charge in [-0.3, -0.25) is 4.40 Å². The molecule has 4 rings (SSSR count). The molecular weight excluding hydrogens is 288 g/mol. The van der Waals surface area contributed by atoms with Gasteiger partial charge in [0.2, 0.25) is 5.95 Å². The van der Waals surface area contributed by atoms with Crippen molar-refractivity contribution in [1.29, 1.82) is 0 Å². The predicted octanol–water partition coefficient (Wildman–Crippen LogP) is 2.52. The normalized spacial score (nSPS) is 18.5. The molecule has 1 fully saturated rings. The summed E-state index contributed by atoms with van der Waals surface area (Å²) >= 11 is 0. The maximum atomic E-state index is 4.61. The SMILES string of the molecule is Cc1cc(C)nc(N2CCC[C@H](c3nnc4ccccn34)C2)n1. The molecule has 3 aromatic rings. The van der Waals surface area contributed by atoms with Gasteiger partial charge < -0.3 is 4.90 Å². The molecule has 0 radical (unpaired) electrons. The molecule has 1 aliphatic rings. The zero-order chi connectivity index (χ0) is 15.8. The van der Waals surface area contributed by atoms with E-state index in [2.05, 4.69) is 29.5 Å². The number of hydrogen-bond donors (Lipinski definition) is 0. The lowest BCUT2D eigenvalue weighted by atomic mass is 9.97. The van der Waals surface area contributed by atoms with Crippen LogP contribution in [0.3, 0.4) is 0 Å². The fraction of sp³-hybridized carbons (Fsp3) is 0.412. The molecular formula is C17H20N6. The van der Waals surface area contributed by atoms with E-state index in [-0.39, 0.29) is 0 Å². The first-order valence-corrected chi connectivity index (χ1v) is 8.07. The summed E-state index contributed by atoms with van der Waals surface area (Å²) in [4.78, 5) is 11.5. The van der Waals surface area contributed by atoms with Crippen LogP contribution in [-0.2, 0) is 0 Å². The van der Waals surface area contributed by atoms with Crippen LogP contribution in [0.4, 0.5) is 5.95 Å². The maximum absolute atomic E-state index is 4.61. The number of hydrogen-bond acceptors (Lipinski definition) is 5. The fourth-order valence-corrected chi connectivity index (χ4v) is 3.36. The second-order valence-corrected chi connectivity index (χ2v) is 6.22. The summed E-state index contributed by atoms with van der Waals surface area (Å²) in [7, 11) is 0.